The van der Waals surface area contributed by atoms with Crippen LogP contribution in [-0.4, -0.2) is 15.3 Å². The van der Waals surface area contributed by atoms with Crippen molar-refractivity contribution in [3.63, 3.8) is 0 Å². The molecule has 0 amide bonds. The molecule has 1 aliphatic carbocycles. The molecule has 3 nitrogen and oxygen atoms in total. The number of benzene rings is 1. The highest BCUT2D eigenvalue weighted by Gasteiger charge is 2.22. The van der Waals surface area contributed by atoms with Crippen molar-refractivity contribution < 1.29 is 0 Å². The van der Waals surface area contributed by atoms with Gasteiger partial charge in [0.05, 0.1) is 12.1 Å². The molecule has 5 heteroatoms. The van der Waals surface area contributed by atoms with Crippen LogP contribution in [0.25, 0.3) is 10.2 Å². The minimum atomic E-state index is 0.0995. The van der Waals surface area contributed by atoms with Crippen LogP contribution < -0.4 is 5.56 Å². The summed E-state index contributed by atoms with van der Waals surface area (Å²) in [6.45, 7) is 6.57. The highest BCUT2D eigenvalue weighted by molar-refractivity contribution is 7.99. The lowest BCUT2D eigenvalue weighted by Crippen LogP contribution is -2.23. The second-order valence-corrected chi connectivity index (χ2v) is 8.95. The summed E-state index contributed by atoms with van der Waals surface area (Å²) in [5.41, 5.74) is 4.57. The van der Waals surface area contributed by atoms with Gasteiger partial charge in [-0.05, 0) is 43.7 Å². The Morgan fingerprint density at radius 1 is 1.27 bits per heavy atom. The molecule has 0 saturated carbocycles. The SMILES string of the molecule is C=C(C)CSc1nc2c3c(sc2c(=O)n1Cc1ccccc1)CCCC3. The summed E-state index contributed by atoms with van der Waals surface area (Å²) in [4.78, 5) is 19.7. The number of aryl methyl sites for hydroxylation is 2. The molecule has 134 valence electrons. The first kappa shape index (κ1) is 17.6. The zero-order valence-corrected chi connectivity index (χ0v) is 16.6. The van der Waals surface area contributed by atoms with Crippen molar-refractivity contribution in [3.05, 3.63) is 68.8 Å². The largest absolute Gasteiger partial charge is 0.282 e. The van der Waals surface area contributed by atoms with Gasteiger partial charge in [0.25, 0.3) is 5.56 Å². The standard InChI is InChI=1S/C21H22N2OS2/c1-14(2)13-25-21-22-18-16-10-6-7-11-17(16)26-19(18)20(24)23(21)12-15-8-4-3-5-9-15/h3-5,8-9H,1,6-7,10-13H2,2H3. The van der Waals surface area contributed by atoms with E-state index in [0.717, 1.165) is 45.1 Å². The third-order valence-corrected chi connectivity index (χ3v) is 7.13. The maximum absolute atomic E-state index is 13.3. The number of nitrogens with zero attached hydrogens (tertiary/aromatic N) is 2. The van der Waals surface area contributed by atoms with Gasteiger partial charge in [0.1, 0.15) is 4.70 Å². The third-order valence-electron chi connectivity index (χ3n) is 4.65. The Balaban J connectivity index is 1.86. The molecule has 2 aromatic heterocycles. The maximum Gasteiger partial charge on any atom is 0.272 e. The van der Waals surface area contributed by atoms with Gasteiger partial charge in [0.15, 0.2) is 5.16 Å². The lowest BCUT2D eigenvalue weighted by molar-refractivity contribution is 0.656. The zero-order chi connectivity index (χ0) is 18.1. The summed E-state index contributed by atoms with van der Waals surface area (Å²) >= 11 is 3.28. The first-order valence-electron chi connectivity index (χ1n) is 8.99. The monoisotopic (exact) mass is 382 g/mol. The molecule has 26 heavy (non-hydrogen) atoms. The van der Waals surface area contributed by atoms with Gasteiger partial charge in [-0.15, -0.1) is 11.3 Å². The van der Waals surface area contributed by atoms with Gasteiger partial charge in [0, 0.05) is 10.6 Å². The molecule has 0 radical (unpaired) electrons. The van der Waals surface area contributed by atoms with Crippen LogP contribution in [-0.2, 0) is 19.4 Å². The predicted molar refractivity (Wildman–Crippen MR) is 112 cm³/mol. The van der Waals surface area contributed by atoms with Crippen molar-refractivity contribution in [2.45, 2.75) is 44.3 Å². The lowest BCUT2D eigenvalue weighted by atomic mass is 9.98. The highest BCUT2D eigenvalue weighted by Crippen LogP contribution is 2.35. The molecule has 0 spiro atoms. The minimum absolute atomic E-state index is 0.0995. The molecule has 0 N–H and O–H groups in total. The van der Waals surface area contributed by atoms with Crippen LogP contribution >= 0.6 is 23.1 Å². The molecule has 0 saturated heterocycles. The molecule has 3 aromatic rings. The van der Waals surface area contributed by atoms with E-state index in [9.17, 15) is 4.79 Å². The Morgan fingerprint density at radius 3 is 2.81 bits per heavy atom. The van der Waals surface area contributed by atoms with Crippen molar-refractivity contribution in [1.29, 1.82) is 0 Å². The van der Waals surface area contributed by atoms with Crippen LogP contribution in [0, 0.1) is 0 Å². The van der Waals surface area contributed by atoms with Crippen LogP contribution in [0.3, 0.4) is 0 Å². The number of thioether (sulfide) groups is 1. The molecule has 0 atom stereocenters. The first-order chi connectivity index (χ1) is 12.6. The first-order valence-corrected chi connectivity index (χ1v) is 10.8. The number of thiophene rings is 1. The summed E-state index contributed by atoms with van der Waals surface area (Å²) in [7, 11) is 0. The molecule has 0 unspecified atom stereocenters. The summed E-state index contributed by atoms with van der Waals surface area (Å²) < 4.78 is 2.67. The van der Waals surface area contributed by atoms with Gasteiger partial charge in [-0.2, -0.15) is 0 Å². The molecule has 0 fully saturated rings. The topological polar surface area (TPSA) is 34.9 Å². The van der Waals surface area contributed by atoms with Gasteiger partial charge in [-0.1, -0.05) is 54.2 Å². The van der Waals surface area contributed by atoms with E-state index in [1.807, 2.05) is 29.7 Å². The fourth-order valence-corrected chi connectivity index (χ4v) is 5.49. The zero-order valence-electron chi connectivity index (χ0n) is 15.0. The second kappa shape index (κ2) is 7.41. The Labute approximate surface area is 161 Å². The number of fused-ring (bicyclic) bond motifs is 3. The Kier molecular flexibility index (Phi) is 5.00. The molecule has 4 rings (SSSR count). The lowest BCUT2D eigenvalue weighted by Gasteiger charge is -2.13. The molecule has 1 aliphatic rings. The molecule has 2 heterocycles. The van der Waals surface area contributed by atoms with E-state index >= 15 is 0 Å². The Morgan fingerprint density at radius 2 is 2.04 bits per heavy atom. The van der Waals surface area contributed by atoms with Crippen molar-refractivity contribution >= 4 is 33.3 Å². The van der Waals surface area contributed by atoms with E-state index < -0.39 is 0 Å². The van der Waals surface area contributed by atoms with Crippen molar-refractivity contribution in [1.82, 2.24) is 9.55 Å². The average Bonchev–Trinajstić information content (AvgIpc) is 3.02. The number of hydrogen-bond donors (Lipinski definition) is 0. The van der Waals surface area contributed by atoms with Crippen molar-refractivity contribution in [2.75, 3.05) is 5.75 Å². The van der Waals surface area contributed by atoms with E-state index in [1.165, 1.54) is 23.3 Å². The molecular weight excluding hydrogens is 360 g/mol. The van der Waals surface area contributed by atoms with Crippen LogP contribution in [0.1, 0.15) is 35.8 Å². The van der Waals surface area contributed by atoms with Crippen LogP contribution in [0.4, 0.5) is 0 Å². The number of rotatable bonds is 5. The third kappa shape index (κ3) is 3.38. The van der Waals surface area contributed by atoms with Gasteiger partial charge in [-0.3, -0.25) is 9.36 Å². The van der Waals surface area contributed by atoms with Gasteiger partial charge in [0.2, 0.25) is 0 Å². The van der Waals surface area contributed by atoms with Crippen LogP contribution in [0.5, 0.6) is 0 Å². The normalized spacial score (nSPS) is 13.7. The second-order valence-electron chi connectivity index (χ2n) is 6.91. The summed E-state index contributed by atoms with van der Waals surface area (Å²) in [5.74, 6) is 0.777. The van der Waals surface area contributed by atoms with E-state index in [1.54, 1.807) is 23.1 Å². The smallest absolute Gasteiger partial charge is 0.272 e. The van der Waals surface area contributed by atoms with Gasteiger partial charge >= 0.3 is 0 Å². The van der Waals surface area contributed by atoms with Crippen molar-refractivity contribution in [2.24, 2.45) is 0 Å². The van der Waals surface area contributed by atoms with E-state index in [-0.39, 0.29) is 5.56 Å². The van der Waals surface area contributed by atoms with E-state index in [0.29, 0.717) is 6.54 Å². The highest BCUT2D eigenvalue weighted by atomic mass is 32.2. The molecule has 0 bridgehead atoms. The van der Waals surface area contributed by atoms with Gasteiger partial charge in [-0.25, -0.2) is 4.98 Å². The maximum atomic E-state index is 13.3. The van der Waals surface area contributed by atoms with Crippen LogP contribution in [0.2, 0.25) is 0 Å². The summed E-state index contributed by atoms with van der Waals surface area (Å²) in [5, 5.41) is 0.806. The Bertz CT molecular complexity index is 1020. The minimum Gasteiger partial charge on any atom is -0.282 e. The average molecular weight is 383 g/mol. The number of hydrogen-bond acceptors (Lipinski definition) is 4. The molecular formula is C21H22N2OS2. The molecule has 0 aliphatic heterocycles. The summed E-state index contributed by atoms with van der Waals surface area (Å²) in [6.07, 6.45) is 4.55. The summed E-state index contributed by atoms with van der Waals surface area (Å²) in [6, 6.07) is 10.1. The number of aromatic nitrogens is 2. The van der Waals surface area contributed by atoms with E-state index in [2.05, 4.69) is 18.7 Å². The van der Waals surface area contributed by atoms with Gasteiger partial charge < -0.3 is 0 Å². The quantitative estimate of drug-likeness (QED) is 0.352. The van der Waals surface area contributed by atoms with Crippen molar-refractivity contribution in [3.8, 4) is 0 Å². The van der Waals surface area contributed by atoms with E-state index in [4.69, 9.17) is 4.98 Å². The predicted octanol–water partition coefficient (Wildman–Crippen LogP) is 5.05. The fraction of sp³-hybridized carbons (Fsp3) is 0.333. The Hall–Kier alpha value is -1.85. The fourth-order valence-electron chi connectivity index (χ4n) is 3.38. The van der Waals surface area contributed by atoms with Crippen LogP contribution in [0.15, 0.2) is 52.4 Å². The molecule has 1 aromatic carbocycles.